The number of aliphatic hydroxyl groups is 2. The number of hydrogen-bond donors (Lipinski definition) is 2. The summed E-state index contributed by atoms with van der Waals surface area (Å²) in [6.45, 7) is 28.1. The second-order valence-corrected chi connectivity index (χ2v) is 28.0. The highest BCUT2D eigenvalue weighted by atomic mass is 28.3. The van der Waals surface area contributed by atoms with Crippen molar-refractivity contribution in [2.45, 2.75) is 116 Å². The Morgan fingerprint density at radius 2 is 0.704 bits per heavy atom. The Morgan fingerprint density at radius 1 is 0.407 bits per heavy atom. The summed E-state index contributed by atoms with van der Waals surface area (Å²) in [7, 11) is -4.18. The molecule has 0 bridgehead atoms. The van der Waals surface area contributed by atoms with Crippen LogP contribution >= 0.6 is 0 Å². The van der Waals surface area contributed by atoms with Crippen LogP contribution in [-0.4, -0.2) is 39.6 Å². The van der Waals surface area contributed by atoms with Crippen LogP contribution in [0.15, 0.2) is 60.7 Å². The summed E-state index contributed by atoms with van der Waals surface area (Å²) in [6, 6.07) is 21.9. The summed E-state index contributed by atoms with van der Waals surface area (Å²) < 4.78 is 0. The molecule has 0 amide bonds. The molecule has 278 valence electrons. The molecular formula is C50H58O2Si2. The molecule has 0 aliphatic rings. The van der Waals surface area contributed by atoms with Gasteiger partial charge in [0.1, 0.15) is 29.4 Å². The number of benzene rings is 5. The average molecular weight is 747 g/mol. The first-order valence-corrected chi connectivity index (χ1v) is 24.2. The maximum absolute atomic E-state index is 9.42. The van der Waals surface area contributed by atoms with Crippen molar-refractivity contribution in [2.24, 2.45) is 0 Å². The van der Waals surface area contributed by atoms with Gasteiger partial charge < -0.3 is 10.2 Å². The van der Waals surface area contributed by atoms with Gasteiger partial charge in [0, 0.05) is 22.3 Å². The lowest BCUT2D eigenvalue weighted by Crippen LogP contribution is -2.43. The molecule has 5 aromatic carbocycles. The van der Waals surface area contributed by atoms with Gasteiger partial charge in [-0.1, -0.05) is 131 Å². The molecule has 54 heavy (non-hydrogen) atoms. The molecule has 0 saturated heterocycles. The summed E-state index contributed by atoms with van der Waals surface area (Å²) in [4.78, 5) is 0. The fourth-order valence-electron chi connectivity index (χ4n) is 9.63. The van der Waals surface area contributed by atoms with Gasteiger partial charge in [0.2, 0.25) is 0 Å². The molecule has 0 aromatic heterocycles. The van der Waals surface area contributed by atoms with Gasteiger partial charge in [-0.15, -0.1) is 11.1 Å². The minimum atomic E-state index is -2.09. The third-order valence-corrected chi connectivity index (χ3v) is 24.8. The van der Waals surface area contributed by atoms with Crippen molar-refractivity contribution in [2.75, 3.05) is 13.2 Å². The second-order valence-electron chi connectivity index (χ2n) is 16.9. The first-order valence-electron chi connectivity index (χ1n) is 19.8. The summed E-state index contributed by atoms with van der Waals surface area (Å²) in [6.07, 6.45) is 0. The highest BCUT2D eigenvalue weighted by Crippen LogP contribution is 2.44. The van der Waals surface area contributed by atoms with E-state index in [0.29, 0.717) is 33.2 Å². The molecule has 0 fully saturated rings. The van der Waals surface area contributed by atoms with E-state index in [1.54, 1.807) is 0 Å². The smallest absolute Gasteiger partial charge is 0.146 e. The van der Waals surface area contributed by atoms with E-state index in [0.717, 1.165) is 65.3 Å². The van der Waals surface area contributed by atoms with E-state index >= 15 is 0 Å². The van der Waals surface area contributed by atoms with E-state index in [1.165, 1.54) is 0 Å². The average Bonchev–Trinajstić information content (AvgIpc) is 3.11. The van der Waals surface area contributed by atoms with Crippen LogP contribution < -0.4 is 0 Å². The van der Waals surface area contributed by atoms with Crippen LogP contribution in [0.5, 0.6) is 0 Å². The van der Waals surface area contributed by atoms with E-state index in [9.17, 15) is 10.2 Å². The molecule has 2 nitrogen and oxygen atoms in total. The van der Waals surface area contributed by atoms with E-state index in [4.69, 9.17) is 0 Å². The lowest BCUT2D eigenvalue weighted by molar-refractivity contribution is 0.350. The quantitative estimate of drug-likeness (QED) is 0.103. The van der Waals surface area contributed by atoms with Crippen molar-refractivity contribution in [3.8, 4) is 46.6 Å². The molecule has 2 N–H and O–H groups in total. The highest BCUT2D eigenvalue weighted by Gasteiger charge is 2.43. The summed E-state index contributed by atoms with van der Waals surface area (Å²) in [5.41, 5.74) is 15.1. The third-order valence-electron chi connectivity index (χ3n) is 12.2. The fourth-order valence-corrected chi connectivity index (χ4v) is 20.0. The molecule has 5 rings (SSSR count). The molecule has 0 radical (unpaired) electrons. The first-order chi connectivity index (χ1) is 25.6. The largest absolute Gasteiger partial charge is 0.384 e. The van der Waals surface area contributed by atoms with Gasteiger partial charge in [-0.25, -0.2) is 0 Å². The second kappa shape index (κ2) is 16.6. The Balaban J connectivity index is 2.07. The maximum Gasteiger partial charge on any atom is 0.146 e. The summed E-state index contributed by atoms with van der Waals surface area (Å²) >= 11 is 0. The van der Waals surface area contributed by atoms with Gasteiger partial charge in [-0.05, 0) is 125 Å². The number of hydrogen-bond acceptors (Lipinski definition) is 2. The number of rotatable bonds is 6. The number of fused-ring (bicyclic) bond motifs is 4. The molecule has 0 heterocycles. The normalized spacial score (nSPS) is 12.1. The Bertz CT molecular complexity index is 2250. The monoisotopic (exact) mass is 746 g/mol. The van der Waals surface area contributed by atoms with Gasteiger partial charge >= 0.3 is 0 Å². The van der Waals surface area contributed by atoms with Gasteiger partial charge in [0.15, 0.2) is 0 Å². The first kappa shape index (κ1) is 40.9. The van der Waals surface area contributed by atoms with E-state index < -0.39 is 16.1 Å². The van der Waals surface area contributed by atoms with Crippen molar-refractivity contribution < 1.29 is 10.2 Å². The van der Waals surface area contributed by atoms with Gasteiger partial charge in [-0.3, -0.25) is 0 Å². The standard InChI is InChI=1S/C50H58O2Si2/c1-33(2)53(34(3)4,35(5)6)25-21-45-47-29-41-19-17-40(16-14-24-52)28-44(41)32-50(47)46(22-26-54(36(7)8,37(9)10)38(11)12)48-30-42-20-18-39(15-13-23-51)27-43(42)31-49(45)48/h17-20,27-38,51-52H,23-24H2,1-12H3. The Labute approximate surface area is 327 Å². The number of aliphatic hydroxyl groups excluding tert-OH is 2. The van der Waals surface area contributed by atoms with Crippen molar-refractivity contribution >= 4 is 59.2 Å². The predicted molar refractivity (Wildman–Crippen MR) is 240 cm³/mol. The van der Waals surface area contributed by atoms with Crippen molar-refractivity contribution in [3.63, 3.8) is 0 Å². The minimum Gasteiger partial charge on any atom is -0.384 e. The van der Waals surface area contributed by atoms with Crippen LogP contribution in [0.1, 0.15) is 105 Å². The molecule has 0 spiro atoms. The molecule has 5 aromatic rings. The zero-order valence-corrected chi connectivity index (χ0v) is 36.5. The minimum absolute atomic E-state index is 0.173. The van der Waals surface area contributed by atoms with E-state index in [1.807, 2.05) is 12.1 Å². The van der Waals surface area contributed by atoms with Crippen LogP contribution in [0.25, 0.3) is 43.1 Å². The Kier molecular flexibility index (Phi) is 12.6. The zero-order valence-electron chi connectivity index (χ0n) is 34.5. The van der Waals surface area contributed by atoms with Crippen LogP contribution in [0, 0.1) is 46.6 Å². The summed E-state index contributed by atoms with van der Waals surface area (Å²) in [5.74, 6) is 19.8. The zero-order chi connectivity index (χ0) is 39.5. The van der Waals surface area contributed by atoms with E-state index in [-0.39, 0.29) is 13.2 Å². The third kappa shape index (κ3) is 7.52. The lowest BCUT2D eigenvalue weighted by atomic mass is 9.88. The Hall–Kier alpha value is -4.27. The topological polar surface area (TPSA) is 40.5 Å². The predicted octanol–water partition coefficient (Wildman–Crippen LogP) is 12.1. The molecule has 4 heteroatoms. The van der Waals surface area contributed by atoms with Crippen LogP contribution in [0.3, 0.4) is 0 Å². The molecule has 0 atom stereocenters. The van der Waals surface area contributed by atoms with Gasteiger partial charge in [-0.2, -0.15) is 0 Å². The highest BCUT2D eigenvalue weighted by molar-refractivity contribution is 6.91. The van der Waals surface area contributed by atoms with Crippen LogP contribution in [0.4, 0.5) is 0 Å². The summed E-state index contributed by atoms with van der Waals surface area (Å²) in [5, 5.41) is 27.8. The molecule has 0 aliphatic carbocycles. The van der Waals surface area contributed by atoms with Crippen LogP contribution in [0.2, 0.25) is 33.2 Å². The maximum atomic E-state index is 9.42. The van der Waals surface area contributed by atoms with Crippen LogP contribution in [-0.2, 0) is 0 Å². The van der Waals surface area contributed by atoms with Crippen molar-refractivity contribution in [1.82, 2.24) is 0 Å². The molecular weight excluding hydrogens is 689 g/mol. The molecule has 0 saturated carbocycles. The van der Waals surface area contributed by atoms with Crippen molar-refractivity contribution in [3.05, 3.63) is 82.9 Å². The van der Waals surface area contributed by atoms with E-state index in [2.05, 4.69) is 178 Å². The SMILES string of the molecule is CC(C)[Si](C#Cc1c2cc3ccc(C#CCO)cc3cc2c(C#C[Si](C(C)C)(C(C)C)C(C)C)c2cc3ccc(C#CCO)cc3cc12)(C(C)C)C(C)C. The lowest BCUT2D eigenvalue weighted by Gasteiger charge is -2.38. The molecule has 0 unspecified atom stereocenters. The van der Waals surface area contributed by atoms with Gasteiger partial charge in [0.05, 0.1) is 0 Å². The van der Waals surface area contributed by atoms with Gasteiger partial charge in [0.25, 0.3) is 0 Å². The van der Waals surface area contributed by atoms with Crippen molar-refractivity contribution in [1.29, 1.82) is 0 Å². The fraction of sp³-hybridized carbons (Fsp3) is 0.400. The Morgan fingerprint density at radius 3 is 0.981 bits per heavy atom. The molecule has 0 aliphatic heterocycles.